The molecule has 1 fully saturated rings. The van der Waals surface area contributed by atoms with Crippen LogP contribution in [0.5, 0.6) is 5.75 Å². The summed E-state index contributed by atoms with van der Waals surface area (Å²) in [5, 5.41) is 0. The van der Waals surface area contributed by atoms with Crippen molar-refractivity contribution in [1.29, 1.82) is 0 Å². The lowest BCUT2D eigenvalue weighted by Gasteiger charge is -2.29. The minimum absolute atomic E-state index is 0.104. The van der Waals surface area contributed by atoms with Gasteiger partial charge in [-0.2, -0.15) is 8.78 Å². The largest absolute Gasteiger partial charge is 0.429 e. The predicted molar refractivity (Wildman–Crippen MR) is 119 cm³/mol. The van der Waals surface area contributed by atoms with Gasteiger partial charge >= 0.3 is 6.11 Å². The Kier molecular flexibility index (Phi) is 7.59. The molecule has 192 valence electrons. The van der Waals surface area contributed by atoms with Gasteiger partial charge in [-0.05, 0) is 42.4 Å². The van der Waals surface area contributed by atoms with Gasteiger partial charge in [-0.25, -0.2) is 22.0 Å². The molecule has 0 spiro atoms. The molecule has 0 bridgehead atoms. The predicted octanol–water partition coefficient (Wildman–Crippen LogP) is 8.45. The Balaban J connectivity index is 1.53. The standard InChI is InChI=1S/C27H23F7O2/c1-2-3-15-4-11-23(35-14-15)17-7-5-16(6-8-17)19-9-10-20(25(31)24(19)30)27(33,34)36-18-12-21(28)26(32)22(29)13-18/h5-10,12-13,15,23H,2-4,11,14H2,1H3. The molecule has 1 aliphatic heterocycles. The van der Waals surface area contributed by atoms with Gasteiger partial charge in [0.15, 0.2) is 29.1 Å². The fourth-order valence-corrected chi connectivity index (χ4v) is 4.37. The molecule has 3 aromatic carbocycles. The van der Waals surface area contributed by atoms with E-state index in [9.17, 15) is 30.7 Å². The monoisotopic (exact) mass is 512 g/mol. The summed E-state index contributed by atoms with van der Waals surface area (Å²) in [7, 11) is 0. The average Bonchev–Trinajstić information content (AvgIpc) is 2.84. The van der Waals surface area contributed by atoms with Gasteiger partial charge in [0.2, 0.25) is 0 Å². The molecule has 4 rings (SSSR count). The van der Waals surface area contributed by atoms with Crippen molar-refractivity contribution in [3.63, 3.8) is 0 Å². The minimum Gasteiger partial charge on any atom is -0.429 e. The first-order chi connectivity index (χ1) is 17.1. The van der Waals surface area contributed by atoms with Gasteiger partial charge in [-0.1, -0.05) is 43.7 Å². The number of hydrogen-bond acceptors (Lipinski definition) is 2. The molecule has 1 aliphatic rings. The van der Waals surface area contributed by atoms with E-state index in [-0.39, 0.29) is 29.4 Å². The molecule has 0 N–H and O–H groups in total. The van der Waals surface area contributed by atoms with Crippen LogP contribution >= 0.6 is 0 Å². The molecule has 1 saturated heterocycles. The molecule has 0 aliphatic carbocycles. The SMILES string of the molecule is CCCC1CCC(c2ccc(-c3ccc(C(F)(F)Oc4cc(F)c(F)c(F)c4)c(F)c3F)cc2)OC1. The van der Waals surface area contributed by atoms with E-state index in [1.165, 1.54) is 0 Å². The van der Waals surface area contributed by atoms with Crippen molar-refractivity contribution in [1.82, 2.24) is 0 Å². The van der Waals surface area contributed by atoms with E-state index in [1.807, 2.05) is 0 Å². The Morgan fingerprint density at radius 3 is 2.11 bits per heavy atom. The third-order valence-corrected chi connectivity index (χ3v) is 6.26. The first-order valence-corrected chi connectivity index (χ1v) is 11.5. The van der Waals surface area contributed by atoms with Gasteiger partial charge in [0.1, 0.15) is 11.3 Å². The van der Waals surface area contributed by atoms with Crippen molar-refractivity contribution in [2.24, 2.45) is 5.92 Å². The lowest BCUT2D eigenvalue weighted by molar-refractivity contribution is -0.187. The zero-order valence-electron chi connectivity index (χ0n) is 19.3. The maximum atomic E-state index is 14.8. The highest BCUT2D eigenvalue weighted by Gasteiger charge is 2.40. The van der Waals surface area contributed by atoms with Crippen LogP contribution in [0.15, 0.2) is 48.5 Å². The topological polar surface area (TPSA) is 18.5 Å². The van der Waals surface area contributed by atoms with Gasteiger partial charge in [0, 0.05) is 17.7 Å². The van der Waals surface area contributed by atoms with Crippen molar-refractivity contribution in [2.75, 3.05) is 6.61 Å². The number of benzene rings is 3. The van der Waals surface area contributed by atoms with E-state index < -0.39 is 46.5 Å². The molecule has 0 saturated carbocycles. The van der Waals surface area contributed by atoms with Crippen LogP contribution in [0.4, 0.5) is 30.7 Å². The summed E-state index contributed by atoms with van der Waals surface area (Å²) < 4.78 is 108. The zero-order chi connectivity index (χ0) is 26.0. The van der Waals surface area contributed by atoms with Crippen LogP contribution in [0.3, 0.4) is 0 Å². The van der Waals surface area contributed by atoms with E-state index in [0.717, 1.165) is 37.3 Å². The fourth-order valence-electron chi connectivity index (χ4n) is 4.37. The molecule has 2 unspecified atom stereocenters. The smallest absolute Gasteiger partial charge is 0.429 e. The Labute approximate surface area is 203 Å². The third kappa shape index (κ3) is 5.36. The van der Waals surface area contributed by atoms with E-state index in [2.05, 4.69) is 11.7 Å². The van der Waals surface area contributed by atoms with Crippen molar-refractivity contribution in [2.45, 2.75) is 44.8 Å². The van der Waals surface area contributed by atoms with E-state index in [4.69, 9.17) is 4.74 Å². The van der Waals surface area contributed by atoms with Crippen LogP contribution in [0.2, 0.25) is 0 Å². The summed E-state index contributed by atoms with van der Waals surface area (Å²) >= 11 is 0. The van der Waals surface area contributed by atoms with Crippen LogP contribution < -0.4 is 4.74 Å². The van der Waals surface area contributed by atoms with E-state index >= 15 is 0 Å². The quantitative estimate of drug-likeness (QED) is 0.234. The molecular formula is C27H23F7O2. The highest BCUT2D eigenvalue weighted by molar-refractivity contribution is 5.65. The molecule has 2 atom stereocenters. The molecule has 36 heavy (non-hydrogen) atoms. The van der Waals surface area contributed by atoms with Crippen LogP contribution in [-0.4, -0.2) is 6.61 Å². The molecule has 0 aromatic heterocycles. The Bertz CT molecular complexity index is 1200. The van der Waals surface area contributed by atoms with Gasteiger partial charge in [-0.3, -0.25) is 0 Å². The second kappa shape index (κ2) is 10.5. The maximum Gasteiger partial charge on any atom is 0.429 e. The minimum atomic E-state index is -4.50. The summed E-state index contributed by atoms with van der Waals surface area (Å²) in [6, 6.07) is 8.48. The van der Waals surface area contributed by atoms with Gasteiger partial charge < -0.3 is 9.47 Å². The number of alkyl halides is 2. The van der Waals surface area contributed by atoms with Crippen molar-refractivity contribution in [3.8, 4) is 16.9 Å². The van der Waals surface area contributed by atoms with Crippen LogP contribution in [0, 0.1) is 35.0 Å². The van der Waals surface area contributed by atoms with Crippen molar-refractivity contribution < 1.29 is 40.2 Å². The molecular weight excluding hydrogens is 489 g/mol. The van der Waals surface area contributed by atoms with Gasteiger partial charge in [0.25, 0.3) is 0 Å². The zero-order valence-corrected chi connectivity index (χ0v) is 19.3. The molecule has 2 nitrogen and oxygen atoms in total. The Hall–Kier alpha value is -3.07. The number of hydrogen-bond donors (Lipinski definition) is 0. The first kappa shape index (κ1) is 26.0. The van der Waals surface area contributed by atoms with Crippen LogP contribution in [-0.2, 0) is 10.8 Å². The molecule has 0 radical (unpaired) electrons. The molecule has 1 heterocycles. The first-order valence-electron chi connectivity index (χ1n) is 11.5. The maximum absolute atomic E-state index is 14.8. The summed E-state index contributed by atoms with van der Waals surface area (Å²) in [4.78, 5) is 0. The molecule has 9 heteroatoms. The van der Waals surface area contributed by atoms with Crippen molar-refractivity contribution in [3.05, 3.63) is 88.7 Å². The summed E-state index contributed by atoms with van der Waals surface area (Å²) in [5.74, 6) is -9.42. The lowest BCUT2D eigenvalue weighted by atomic mass is 9.91. The summed E-state index contributed by atoms with van der Waals surface area (Å²) in [6.07, 6.45) is -0.525. The Morgan fingerprint density at radius 1 is 0.861 bits per heavy atom. The summed E-state index contributed by atoms with van der Waals surface area (Å²) in [6.45, 7) is 2.79. The van der Waals surface area contributed by atoms with Gasteiger partial charge in [-0.15, -0.1) is 0 Å². The molecule has 3 aromatic rings. The third-order valence-electron chi connectivity index (χ3n) is 6.26. The van der Waals surface area contributed by atoms with Crippen LogP contribution in [0.25, 0.3) is 11.1 Å². The second-order valence-electron chi connectivity index (χ2n) is 8.78. The lowest BCUT2D eigenvalue weighted by Crippen LogP contribution is -2.24. The van der Waals surface area contributed by atoms with Crippen LogP contribution in [0.1, 0.15) is 49.8 Å². The second-order valence-corrected chi connectivity index (χ2v) is 8.78. The van der Waals surface area contributed by atoms with E-state index in [1.54, 1.807) is 24.3 Å². The Morgan fingerprint density at radius 2 is 1.53 bits per heavy atom. The van der Waals surface area contributed by atoms with E-state index in [0.29, 0.717) is 18.6 Å². The van der Waals surface area contributed by atoms with Crippen molar-refractivity contribution >= 4 is 0 Å². The summed E-state index contributed by atoms with van der Waals surface area (Å²) in [5.41, 5.74) is -0.606. The molecule has 0 amide bonds. The average molecular weight is 512 g/mol. The normalized spacial score (nSPS) is 18.3. The highest BCUT2D eigenvalue weighted by Crippen LogP contribution is 2.38. The number of ether oxygens (including phenoxy) is 2. The number of rotatable bonds is 7. The highest BCUT2D eigenvalue weighted by atomic mass is 19.3. The number of halogens is 7. The fraction of sp³-hybridized carbons (Fsp3) is 0.333. The van der Waals surface area contributed by atoms with Gasteiger partial charge in [0.05, 0.1) is 12.7 Å².